The minimum atomic E-state index is 0.00430. The fraction of sp³-hybridized carbons (Fsp3) is 0.474. The largest absolute Gasteiger partial charge is 0.481 e. The first-order valence-corrected chi connectivity index (χ1v) is 9.81. The van der Waals surface area contributed by atoms with Crippen LogP contribution in [0.5, 0.6) is 5.88 Å². The monoisotopic (exact) mass is 373 g/mol. The van der Waals surface area contributed by atoms with Crippen molar-refractivity contribution in [2.75, 3.05) is 33.4 Å². The van der Waals surface area contributed by atoms with Gasteiger partial charge in [-0.15, -0.1) is 0 Å². The maximum Gasteiger partial charge on any atom is 0.252 e. The van der Waals surface area contributed by atoms with Crippen molar-refractivity contribution in [1.82, 2.24) is 15.2 Å². The Morgan fingerprint density at radius 3 is 3.19 bits per heavy atom. The zero-order valence-corrected chi connectivity index (χ0v) is 15.6. The third kappa shape index (κ3) is 3.60. The molecule has 2 fully saturated rings. The van der Waals surface area contributed by atoms with Crippen LogP contribution in [0.25, 0.3) is 0 Å². The van der Waals surface area contributed by atoms with Gasteiger partial charge in [0.05, 0.1) is 19.8 Å². The molecule has 2 saturated heterocycles. The maximum absolute atomic E-state index is 12.2. The highest BCUT2D eigenvalue weighted by Gasteiger charge is 2.43. The van der Waals surface area contributed by atoms with Crippen molar-refractivity contribution in [3.8, 4) is 5.88 Å². The molecular weight excluding hydrogens is 350 g/mol. The molecule has 0 saturated carbocycles. The Bertz CT molecular complexity index is 752. The second kappa shape index (κ2) is 7.73. The smallest absolute Gasteiger partial charge is 0.252 e. The van der Waals surface area contributed by atoms with Gasteiger partial charge >= 0.3 is 0 Å². The average Bonchev–Trinajstić information content (AvgIpc) is 3.38. The number of carbonyl (C=O) groups is 1. The number of pyridine rings is 1. The van der Waals surface area contributed by atoms with Crippen molar-refractivity contribution < 1.29 is 14.3 Å². The van der Waals surface area contributed by atoms with Crippen LogP contribution in [0, 0.1) is 11.8 Å². The molecule has 2 aromatic heterocycles. The van der Waals surface area contributed by atoms with Crippen molar-refractivity contribution in [1.29, 1.82) is 0 Å². The van der Waals surface area contributed by atoms with Gasteiger partial charge in [-0.05, 0) is 17.5 Å². The molecule has 0 unspecified atom stereocenters. The summed E-state index contributed by atoms with van der Waals surface area (Å²) in [6, 6.07) is 5.85. The van der Waals surface area contributed by atoms with E-state index in [0.29, 0.717) is 24.3 Å². The lowest BCUT2D eigenvalue weighted by Gasteiger charge is -2.20. The third-order valence-corrected chi connectivity index (χ3v) is 5.94. The summed E-state index contributed by atoms with van der Waals surface area (Å²) in [6.45, 7) is 4.09. The lowest BCUT2D eigenvalue weighted by Crippen LogP contribution is -2.34. The van der Waals surface area contributed by atoms with Crippen LogP contribution in [-0.4, -0.2) is 55.2 Å². The van der Waals surface area contributed by atoms with Gasteiger partial charge in [0, 0.05) is 60.7 Å². The van der Waals surface area contributed by atoms with Crippen LogP contribution < -0.4 is 10.1 Å². The lowest BCUT2D eigenvalue weighted by molar-refractivity contribution is 0.0903. The van der Waals surface area contributed by atoms with Crippen molar-refractivity contribution in [2.24, 2.45) is 11.8 Å². The fourth-order valence-electron chi connectivity index (χ4n) is 3.91. The number of carbonyl (C=O) groups excluding carboxylic acids is 1. The van der Waals surface area contributed by atoms with Gasteiger partial charge in [-0.2, -0.15) is 11.3 Å². The highest BCUT2D eigenvalue weighted by molar-refractivity contribution is 7.08. The van der Waals surface area contributed by atoms with E-state index in [1.54, 1.807) is 13.3 Å². The van der Waals surface area contributed by atoms with Gasteiger partial charge in [0.25, 0.3) is 5.91 Å². The van der Waals surface area contributed by atoms with E-state index in [1.807, 2.05) is 22.9 Å². The Labute approximate surface area is 157 Å². The average molecular weight is 373 g/mol. The van der Waals surface area contributed by atoms with Crippen LogP contribution in [0.3, 0.4) is 0 Å². The Morgan fingerprint density at radius 1 is 1.46 bits per heavy atom. The van der Waals surface area contributed by atoms with E-state index in [1.165, 1.54) is 11.3 Å². The SMILES string of the molecule is COc1ncccc1CN1C[C@H]2[C@@H](CNC(=O)c3ccsc3)CO[C@H]2C1. The standard InChI is InChI=1S/C19H23N3O3S/c1-24-19-13(3-2-5-20-19)8-22-9-16-15(11-25-17(16)10-22)7-21-18(23)14-4-6-26-12-14/h2-6,12,15-17H,7-11H2,1H3,(H,21,23)/t15-,16-,17-/m0/s1. The molecule has 2 aliphatic rings. The minimum Gasteiger partial charge on any atom is -0.481 e. The lowest BCUT2D eigenvalue weighted by atomic mass is 9.93. The normalized spacial score (nSPS) is 25.2. The van der Waals surface area contributed by atoms with Crippen LogP contribution in [0.1, 0.15) is 15.9 Å². The molecule has 1 amide bonds. The van der Waals surface area contributed by atoms with Gasteiger partial charge in [-0.25, -0.2) is 4.98 Å². The molecule has 4 heterocycles. The Balaban J connectivity index is 1.33. The minimum absolute atomic E-state index is 0.00430. The van der Waals surface area contributed by atoms with Crippen LogP contribution in [0.4, 0.5) is 0 Å². The summed E-state index contributed by atoms with van der Waals surface area (Å²) >= 11 is 1.54. The number of methoxy groups -OCH3 is 1. The van der Waals surface area contributed by atoms with Crippen molar-refractivity contribution in [3.05, 3.63) is 46.3 Å². The van der Waals surface area contributed by atoms with Crippen molar-refractivity contribution >= 4 is 17.2 Å². The highest BCUT2D eigenvalue weighted by Crippen LogP contribution is 2.34. The van der Waals surface area contributed by atoms with Crippen molar-refractivity contribution in [3.63, 3.8) is 0 Å². The third-order valence-electron chi connectivity index (χ3n) is 5.26. The van der Waals surface area contributed by atoms with Crippen molar-refractivity contribution in [2.45, 2.75) is 12.6 Å². The number of nitrogens with zero attached hydrogens (tertiary/aromatic N) is 2. The molecule has 2 aliphatic heterocycles. The number of ether oxygens (including phenoxy) is 2. The Kier molecular flexibility index (Phi) is 5.19. The number of aromatic nitrogens is 1. The van der Waals surface area contributed by atoms with Crippen LogP contribution in [0.15, 0.2) is 35.2 Å². The zero-order valence-electron chi connectivity index (χ0n) is 14.8. The first-order chi connectivity index (χ1) is 12.7. The molecule has 138 valence electrons. The number of rotatable bonds is 6. The summed E-state index contributed by atoms with van der Waals surface area (Å²) in [7, 11) is 1.65. The van der Waals surface area contributed by atoms with E-state index in [0.717, 1.165) is 37.4 Å². The topological polar surface area (TPSA) is 63.7 Å². The molecule has 6 nitrogen and oxygen atoms in total. The summed E-state index contributed by atoms with van der Waals surface area (Å²) in [5.41, 5.74) is 1.83. The molecule has 0 radical (unpaired) electrons. The molecule has 0 spiro atoms. The Morgan fingerprint density at radius 2 is 2.38 bits per heavy atom. The molecule has 0 aliphatic carbocycles. The molecule has 26 heavy (non-hydrogen) atoms. The summed E-state index contributed by atoms with van der Waals surface area (Å²) in [6.07, 6.45) is 2.00. The predicted molar refractivity (Wildman–Crippen MR) is 99.4 cm³/mol. The van der Waals surface area contributed by atoms with Gasteiger partial charge in [0.2, 0.25) is 5.88 Å². The van der Waals surface area contributed by atoms with Gasteiger partial charge in [-0.1, -0.05) is 6.07 Å². The summed E-state index contributed by atoms with van der Waals surface area (Å²) in [5.74, 6) is 1.51. The van der Waals surface area contributed by atoms with E-state index < -0.39 is 0 Å². The molecule has 0 bridgehead atoms. The number of likely N-dealkylation sites (tertiary alicyclic amines) is 1. The van der Waals surface area contributed by atoms with E-state index in [2.05, 4.69) is 21.3 Å². The number of hydrogen-bond donors (Lipinski definition) is 1. The number of hydrogen-bond acceptors (Lipinski definition) is 6. The quantitative estimate of drug-likeness (QED) is 0.839. The fourth-order valence-corrected chi connectivity index (χ4v) is 4.54. The van der Waals surface area contributed by atoms with Gasteiger partial charge in [-0.3, -0.25) is 9.69 Å². The Hall–Kier alpha value is -1.96. The summed E-state index contributed by atoms with van der Waals surface area (Å²) in [4.78, 5) is 18.8. The van der Waals surface area contributed by atoms with E-state index in [4.69, 9.17) is 9.47 Å². The zero-order chi connectivity index (χ0) is 17.9. The van der Waals surface area contributed by atoms with E-state index in [9.17, 15) is 4.79 Å². The number of nitrogens with one attached hydrogen (secondary N) is 1. The molecule has 7 heteroatoms. The van der Waals surface area contributed by atoms with Crippen LogP contribution >= 0.6 is 11.3 Å². The summed E-state index contributed by atoms with van der Waals surface area (Å²) < 4.78 is 11.4. The molecule has 2 aromatic rings. The van der Waals surface area contributed by atoms with Crippen LogP contribution in [0.2, 0.25) is 0 Å². The number of amides is 1. The second-order valence-electron chi connectivity index (χ2n) is 6.88. The predicted octanol–water partition coefficient (Wildman–Crippen LogP) is 2.03. The number of fused-ring (bicyclic) bond motifs is 1. The first kappa shape index (κ1) is 17.5. The molecule has 1 N–H and O–H groups in total. The van der Waals surface area contributed by atoms with Gasteiger partial charge in [0.15, 0.2) is 0 Å². The molecular formula is C19H23N3O3S. The first-order valence-electron chi connectivity index (χ1n) is 8.87. The summed E-state index contributed by atoms with van der Waals surface area (Å²) in [5, 5.41) is 6.86. The van der Waals surface area contributed by atoms with Gasteiger partial charge < -0.3 is 14.8 Å². The van der Waals surface area contributed by atoms with Crippen LogP contribution in [-0.2, 0) is 11.3 Å². The number of thiophene rings is 1. The van der Waals surface area contributed by atoms with E-state index >= 15 is 0 Å². The molecule has 4 rings (SSSR count). The maximum atomic E-state index is 12.2. The van der Waals surface area contributed by atoms with Gasteiger partial charge in [0.1, 0.15) is 0 Å². The molecule has 3 atom stereocenters. The highest BCUT2D eigenvalue weighted by atomic mass is 32.1. The van der Waals surface area contributed by atoms with E-state index in [-0.39, 0.29) is 12.0 Å². The second-order valence-corrected chi connectivity index (χ2v) is 7.66. The molecule has 0 aromatic carbocycles.